The van der Waals surface area contributed by atoms with Crippen LogP contribution in [0.15, 0.2) is 74.1 Å². The monoisotopic (exact) mass is 479 g/mol. The number of quaternary nitrogens is 1. The maximum atomic E-state index is 12.9. The van der Waals surface area contributed by atoms with Crippen LogP contribution < -0.4 is 4.90 Å². The molecule has 0 bridgehead atoms. The van der Waals surface area contributed by atoms with Crippen LogP contribution in [0.4, 0.5) is 0 Å². The van der Waals surface area contributed by atoms with Gasteiger partial charge in [-0.25, -0.2) is 0 Å². The van der Waals surface area contributed by atoms with E-state index in [4.69, 9.17) is 4.74 Å². The number of nitrogens with one attached hydrogen (secondary N) is 1. The van der Waals surface area contributed by atoms with Crippen molar-refractivity contribution in [1.29, 1.82) is 0 Å². The third kappa shape index (κ3) is 3.70. The van der Waals surface area contributed by atoms with Crippen molar-refractivity contribution in [3.05, 3.63) is 75.9 Å². The normalized spacial score (nSPS) is 25.3. The van der Waals surface area contributed by atoms with E-state index in [1.165, 1.54) is 12.1 Å². The number of sulfonamides is 1. The fraction of sp³-hybridized carbons (Fsp3) is 0.250. The number of fused-ring (bicyclic) bond motifs is 3. The summed E-state index contributed by atoms with van der Waals surface area (Å²) < 4.78 is 36.4. The fourth-order valence-corrected chi connectivity index (χ4v) is 4.93. The lowest BCUT2D eigenvalue weighted by Crippen LogP contribution is -3.14. The standard InChI is InChI=1S/C20H19BrN2O5S/c21-14-5-7-15(8-6-14)29(26,27)22-18-13-19-20(25,17-4-2-1-3-16(17)18)28-12-10-23(19)9-11-24/h1-8,13,24-25H,9-12H2/p+1. The molecule has 0 saturated carbocycles. The number of aliphatic hydroxyl groups is 2. The largest absolute Gasteiger partial charge is 0.391 e. The van der Waals surface area contributed by atoms with Crippen LogP contribution >= 0.6 is 15.9 Å². The van der Waals surface area contributed by atoms with Crippen molar-refractivity contribution < 1.29 is 28.3 Å². The summed E-state index contributed by atoms with van der Waals surface area (Å²) in [7, 11) is -3.97. The van der Waals surface area contributed by atoms with Gasteiger partial charge < -0.3 is 14.9 Å². The molecule has 29 heavy (non-hydrogen) atoms. The van der Waals surface area contributed by atoms with Crippen LogP contribution in [-0.2, 0) is 20.5 Å². The quantitative estimate of drug-likeness (QED) is 0.595. The van der Waals surface area contributed by atoms with E-state index < -0.39 is 15.8 Å². The average Bonchev–Trinajstić information content (AvgIpc) is 2.70. The molecule has 152 valence electrons. The predicted molar refractivity (Wildman–Crippen MR) is 110 cm³/mol. The number of rotatable bonds is 4. The maximum Gasteiger partial charge on any atom is 0.282 e. The van der Waals surface area contributed by atoms with Gasteiger partial charge in [-0.3, -0.25) is 4.90 Å². The van der Waals surface area contributed by atoms with Crippen LogP contribution in [0, 0.1) is 0 Å². The second-order valence-electron chi connectivity index (χ2n) is 6.83. The molecule has 2 aromatic carbocycles. The van der Waals surface area contributed by atoms with E-state index >= 15 is 0 Å². The topological polar surface area (TPSA) is 101 Å². The minimum absolute atomic E-state index is 0.0735. The lowest BCUT2D eigenvalue weighted by Gasteiger charge is -2.41. The number of nitrogens with zero attached hydrogens (tertiary/aromatic N) is 1. The van der Waals surface area contributed by atoms with Crippen molar-refractivity contribution >= 4 is 31.7 Å². The summed E-state index contributed by atoms with van der Waals surface area (Å²) in [6, 6.07) is 13.2. The van der Waals surface area contributed by atoms with Crippen LogP contribution in [0.3, 0.4) is 0 Å². The zero-order chi connectivity index (χ0) is 20.6. The molecule has 1 aliphatic heterocycles. The molecule has 1 aliphatic carbocycles. The first kappa shape index (κ1) is 20.4. The van der Waals surface area contributed by atoms with Gasteiger partial charge >= 0.3 is 0 Å². The highest BCUT2D eigenvalue weighted by atomic mass is 79.9. The Balaban J connectivity index is 1.88. The van der Waals surface area contributed by atoms with Gasteiger partial charge in [0, 0.05) is 21.7 Å². The van der Waals surface area contributed by atoms with Crippen molar-refractivity contribution in [2.75, 3.05) is 26.3 Å². The molecule has 1 fully saturated rings. The van der Waals surface area contributed by atoms with Crippen molar-refractivity contribution in [3.8, 4) is 0 Å². The van der Waals surface area contributed by atoms with E-state index in [0.29, 0.717) is 36.5 Å². The number of halogens is 1. The molecule has 0 amide bonds. The molecule has 1 saturated heterocycles. The van der Waals surface area contributed by atoms with Crippen molar-refractivity contribution in [1.82, 2.24) is 0 Å². The molecule has 3 N–H and O–H groups in total. The summed E-state index contributed by atoms with van der Waals surface area (Å²) >= 11 is 3.29. The molecule has 2 aromatic rings. The maximum absolute atomic E-state index is 12.9. The summed E-state index contributed by atoms with van der Waals surface area (Å²) in [6.07, 6.45) is 1.56. The minimum atomic E-state index is -3.97. The Bertz CT molecular complexity index is 1100. The summed E-state index contributed by atoms with van der Waals surface area (Å²) in [5, 5.41) is 20.7. The molecule has 0 spiro atoms. The third-order valence-electron chi connectivity index (χ3n) is 5.05. The highest BCUT2D eigenvalue weighted by Gasteiger charge is 2.49. The Morgan fingerprint density at radius 3 is 2.62 bits per heavy atom. The van der Waals surface area contributed by atoms with Gasteiger partial charge in [0.05, 0.1) is 17.2 Å². The molecular formula is C20H20BrN2O5S+. The fourth-order valence-electron chi connectivity index (χ4n) is 3.67. The molecule has 2 atom stereocenters. The lowest BCUT2D eigenvalue weighted by atomic mass is 9.86. The third-order valence-corrected chi connectivity index (χ3v) is 6.89. The predicted octanol–water partition coefficient (Wildman–Crippen LogP) is 0.577. The second-order valence-corrected chi connectivity index (χ2v) is 9.35. The van der Waals surface area contributed by atoms with Crippen molar-refractivity contribution in [2.24, 2.45) is 4.40 Å². The van der Waals surface area contributed by atoms with Crippen molar-refractivity contribution in [3.63, 3.8) is 0 Å². The number of ether oxygens (including phenoxy) is 1. The average molecular weight is 480 g/mol. The molecule has 9 heteroatoms. The number of morpholine rings is 1. The van der Waals surface area contributed by atoms with Gasteiger partial charge in [0.1, 0.15) is 19.7 Å². The molecule has 0 radical (unpaired) electrons. The number of allylic oxidation sites excluding steroid dienone is 1. The van der Waals surface area contributed by atoms with Gasteiger partial charge in [-0.1, -0.05) is 40.2 Å². The van der Waals surface area contributed by atoms with Crippen molar-refractivity contribution in [2.45, 2.75) is 10.7 Å². The number of benzene rings is 2. The molecule has 2 aliphatic rings. The van der Waals surface area contributed by atoms with E-state index in [1.54, 1.807) is 42.5 Å². The second kappa shape index (κ2) is 7.75. The Labute approximate surface area is 177 Å². The molecule has 0 aromatic heterocycles. The SMILES string of the molecule is O=S(=O)(N=C1C=C2[NH+](CCO)CCOC2(O)c2ccccc21)c1ccc(Br)cc1. The van der Waals surface area contributed by atoms with Crippen LogP contribution in [-0.4, -0.2) is 50.6 Å². The van der Waals surface area contributed by atoms with E-state index in [-0.39, 0.29) is 17.2 Å². The number of aliphatic hydroxyl groups excluding tert-OH is 1. The summed E-state index contributed by atoms with van der Waals surface area (Å²) in [5.74, 6) is -1.68. The molecule has 4 rings (SSSR count). The van der Waals surface area contributed by atoms with Gasteiger partial charge in [0.25, 0.3) is 15.8 Å². The van der Waals surface area contributed by atoms with Gasteiger partial charge in [-0.2, -0.15) is 12.8 Å². The smallest absolute Gasteiger partial charge is 0.282 e. The molecule has 2 unspecified atom stereocenters. The van der Waals surface area contributed by atoms with E-state index in [2.05, 4.69) is 20.3 Å². The zero-order valence-corrected chi connectivity index (χ0v) is 17.8. The lowest BCUT2D eigenvalue weighted by molar-refractivity contribution is -0.882. The van der Waals surface area contributed by atoms with Crippen LogP contribution in [0.5, 0.6) is 0 Å². The number of hydrogen-bond donors (Lipinski definition) is 3. The molecular weight excluding hydrogens is 460 g/mol. The number of hydrogen-bond acceptors (Lipinski definition) is 5. The van der Waals surface area contributed by atoms with Gasteiger partial charge in [0.2, 0.25) is 0 Å². The molecule has 1 heterocycles. The van der Waals surface area contributed by atoms with E-state index in [9.17, 15) is 18.6 Å². The summed E-state index contributed by atoms with van der Waals surface area (Å²) in [6.45, 7) is 1.14. The van der Waals surface area contributed by atoms with E-state index in [0.717, 1.165) is 9.37 Å². The Morgan fingerprint density at radius 2 is 1.90 bits per heavy atom. The summed E-state index contributed by atoms with van der Waals surface area (Å²) in [5.41, 5.74) is 1.60. The zero-order valence-electron chi connectivity index (χ0n) is 15.4. The highest BCUT2D eigenvalue weighted by Crippen LogP contribution is 2.36. The Morgan fingerprint density at radius 1 is 1.17 bits per heavy atom. The highest BCUT2D eigenvalue weighted by molar-refractivity contribution is 9.10. The molecule has 7 nitrogen and oxygen atoms in total. The minimum Gasteiger partial charge on any atom is -0.391 e. The Kier molecular flexibility index (Phi) is 5.45. The van der Waals surface area contributed by atoms with Gasteiger partial charge in [-0.05, 0) is 24.3 Å². The summed E-state index contributed by atoms with van der Waals surface area (Å²) in [4.78, 5) is 0.897. The first-order valence-corrected chi connectivity index (χ1v) is 11.3. The Hall–Kier alpha value is -1.88. The van der Waals surface area contributed by atoms with Crippen LogP contribution in [0.1, 0.15) is 11.1 Å². The van der Waals surface area contributed by atoms with Crippen LogP contribution in [0.2, 0.25) is 0 Å². The van der Waals surface area contributed by atoms with Crippen LogP contribution in [0.25, 0.3) is 0 Å². The van der Waals surface area contributed by atoms with Gasteiger partial charge in [0.15, 0.2) is 5.70 Å². The van der Waals surface area contributed by atoms with Gasteiger partial charge in [-0.15, -0.1) is 0 Å². The first-order chi connectivity index (χ1) is 13.8. The van der Waals surface area contributed by atoms with E-state index in [1.807, 2.05) is 0 Å². The first-order valence-electron chi connectivity index (χ1n) is 9.10.